The van der Waals surface area contributed by atoms with E-state index in [0.717, 1.165) is 5.56 Å². The molecular formula is C20H16N2O3. The van der Waals surface area contributed by atoms with E-state index in [1.807, 2.05) is 30.3 Å². The topological polar surface area (TPSA) is 61.3 Å². The van der Waals surface area contributed by atoms with Crippen LogP contribution in [-0.2, 0) is 4.79 Å². The SMILES string of the molecule is CC=C(C(=O)Oc1cccc(Oc2ncccn2)c1)c1ccccc1. The van der Waals surface area contributed by atoms with Gasteiger partial charge in [-0.15, -0.1) is 0 Å². The molecular weight excluding hydrogens is 316 g/mol. The van der Waals surface area contributed by atoms with Gasteiger partial charge in [0.2, 0.25) is 0 Å². The highest BCUT2D eigenvalue weighted by Gasteiger charge is 2.14. The Morgan fingerprint density at radius 3 is 2.36 bits per heavy atom. The molecule has 0 aliphatic carbocycles. The first-order valence-electron chi connectivity index (χ1n) is 7.75. The van der Waals surface area contributed by atoms with Crippen LogP contribution in [0.15, 0.2) is 79.1 Å². The lowest BCUT2D eigenvalue weighted by Gasteiger charge is -2.09. The van der Waals surface area contributed by atoms with Crippen molar-refractivity contribution in [2.45, 2.75) is 6.92 Å². The average Bonchev–Trinajstić information content (AvgIpc) is 2.64. The van der Waals surface area contributed by atoms with Gasteiger partial charge in [0.25, 0.3) is 0 Å². The maximum Gasteiger partial charge on any atom is 0.343 e. The van der Waals surface area contributed by atoms with Crippen molar-refractivity contribution in [1.82, 2.24) is 9.97 Å². The molecule has 124 valence electrons. The van der Waals surface area contributed by atoms with E-state index in [1.165, 1.54) is 0 Å². The van der Waals surface area contributed by atoms with E-state index in [1.54, 1.807) is 55.7 Å². The molecule has 0 amide bonds. The Bertz CT molecular complexity index is 878. The Balaban J connectivity index is 1.74. The number of hydrogen-bond donors (Lipinski definition) is 0. The van der Waals surface area contributed by atoms with Crippen molar-refractivity contribution in [2.75, 3.05) is 0 Å². The second-order valence-electron chi connectivity index (χ2n) is 5.07. The molecule has 5 nitrogen and oxygen atoms in total. The van der Waals surface area contributed by atoms with Crippen molar-refractivity contribution in [3.63, 3.8) is 0 Å². The molecule has 3 rings (SSSR count). The number of hydrogen-bond acceptors (Lipinski definition) is 5. The Labute approximate surface area is 145 Å². The summed E-state index contributed by atoms with van der Waals surface area (Å²) in [7, 11) is 0. The van der Waals surface area contributed by atoms with E-state index in [0.29, 0.717) is 17.1 Å². The molecule has 0 aliphatic heterocycles. The lowest BCUT2D eigenvalue weighted by molar-refractivity contribution is -0.127. The fraction of sp³-hybridized carbons (Fsp3) is 0.0500. The largest absolute Gasteiger partial charge is 0.424 e. The van der Waals surface area contributed by atoms with Crippen molar-refractivity contribution >= 4 is 11.5 Å². The minimum Gasteiger partial charge on any atom is -0.424 e. The first kappa shape index (κ1) is 16.4. The molecule has 3 aromatic rings. The Morgan fingerprint density at radius 2 is 1.64 bits per heavy atom. The Kier molecular flexibility index (Phi) is 5.16. The third kappa shape index (κ3) is 4.29. The predicted octanol–water partition coefficient (Wildman–Crippen LogP) is 4.28. The molecule has 0 radical (unpaired) electrons. The zero-order chi connectivity index (χ0) is 17.5. The van der Waals surface area contributed by atoms with Crippen LogP contribution >= 0.6 is 0 Å². The standard InChI is InChI=1S/C20H16N2O3/c1-2-18(15-8-4-3-5-9-15)19(23)24-16-10-6-11-17(14-16)25-20-21-12-7-13-22-20/h2-14H,1H3. The number of carbonyl (C=O) groups is 1. The van der Waals surface area contributed by atoms with E-state index in [4.69, 9.17) is 9.47 Å². The molecule has 0 atom stereocenters. The fourth-order valence-electron chi connectivity index (χ4n) is 2.23. The van der Waals surface area contributed by atoms with Gasteiger partial charge < -0.3 is 9.47 Å². The summed E-state index contributed by atoms with van der Waals surface area (Å²) in [5.74, 6) is 0.439. The molecule has 1 heterocycles. The quantitative estimate of drug-likeness (QED) is 0.396. The molecule has 0 saturated carbocycles. The summed E-state index contributed by atoms with van der Waals surface area (Å²) in [4.78, 5) is 20.4. The molecule has 0 aliphatic rings. The number of ether oxygens (including phenoxy) is 2. The van der Waals surface area contributed by atoms with E-state index in [2.05, 4.69) is 9.97 Å². The van der Waals surface area contributed by atoms with E-state index >= 15 is 0 Å². The fourth-order valence-corrected chi connectivity index (χ4v) is 2.23. The molecule has 0 fully saturated rings. The van der Waals surface area contributed by atoms with Crippen LogP contribution < -0.4 is 9.47 Å². The Morgan fingerprint density at radius 1 is 0.920 bits per heavy atom. The molecule has 0 unspecified atom stereocenters. The van der Waals surface area contributed by atoms with Crippen LogP contribution in [0.4, 0.5) is 0 Å². The number of allylic oxidation sites excluding steroid dienone is 1. The smallest absolute Gasteiger partial charge is 0.343 e. The van der Waals surface area contributed by atoms with Crippen LogP contribution in [0.1, 0.15) is 12.5 Å². The summed E-state index contributed by atoms with van der Waals surface area (Å²) in [5, 5.41) is 0. The monoisotopic (exact) mass is 332 g/mol. The van der Waals surface area contributed by atoms with Crippen LogP contribution in [0.3, 0.4) is 0 Å². The van der Waals surface area contributed by atoms with Crippen LogP contribution in [0.2, 0.25) is 0 Å². The Hall–Kier alpha value is -3.47. The number of esters is 1. The van der Waals surface area contributed by atoms with Gasteiger partial charge >= 0.3 is 12.0 Å². The average molecular weight is 332 g/mol. The van der Waals surface area contributed by atoms with Crippen molar-refractivity contribution in [3.8, 4) is 17.5 Å². The lowest BCUT2D eigenvalue weighted by atomic mass is 10.1. The second-order valence-corrected chi connectivity index (χ2v) is 5.07. The maximum atomic E-state index is 12.5. The van der Waals surface area contributed by atoms with Gasteiger partial charge in [0.05, 0.1) is 5.57 Å². The van der Waals surface area contributed by atoms with Gasteiger partial charge in [-0.2, -0.15) is 0 Å². The summed E-state index contributed by atoms with van der Waals surface area (Å²) < 4.78 is 11.0. The molecule has 0 N–H and O–H groups in total. The van der Waals surface area contributed by atoms with Gasteiger partial charge in [0.15, 0.2) is 0 Å². The number of benzene rings is 2. The third-order valence-corrected chi connectivity index (χ3v) is 3.36. The number of aromatic nitrogens is 2. The summed E-state index contributed by atoms with van der Waals surface area (Å²) in [6, 6.07) is 18.1. The predicted molar refractivity (Wildman–Crippen MR) is 94.3 cm³/mol. The molecule has 2 aromatic carbocycles. The maximum absolute atomic E-state index is 12.5. The van der Waals surface area contributed by atoms with Crippen LogP contribution in [0, 0.1) is 0 Å². The van der Waals surface area contributed by atoms with Crippen LogP contribution in [0.5, 0.6) is 17.5 Å². The minimum atomic E-state index is -0.429. The molecule has 0 saturated heterocycles. The molecule has 0 bridgehead atoms. The number of carbonyl (C=O) groups excluding carboxylic acids is 1. The normalized spacial score (nSPS) is 11.0. The highest BCUT2D eigenvalue weighted by molar-refractivity contribution is 6.17. The third-order valence-electron chi connectivity index (χ3n) is 3.36. The molecule has 0 spiro atoms. The summed E-state index contributed by atoms with van der Waals surface area (Å²) >= 11 is 0. The van der Waals surface area contributed by atoms with E-state index in [-0.39, 0.29) is 6.01 Å². The van der Waals surface area contributed by atoms with Gasteiger partial charge in [0, 0.05) is 18.5 Å². The van der Waals surface area contributed by atoms with Crippen molar-refractivity contribution in [1.29, 1.82) is 0 Å². The zero-order valence-electron chi connectivity index (χ0n) is 13.6. The lowest BCUT2D eigenvalue weighted by Crippen LogP contribution is -2.10. The highest BCUT2D eigenvalue weighted by Crippen LogP contribution is 2.24. The zero-order valence-corrected chi connectivity index (χ0v) is 13.6. The van der Waals surface area contributed by atoms with Crippen molar-refractivity contribution < 1.29 is 14.3 Å². The molecule has 1 aromatic heterocycles. The molecule has 25 heavy (non-hydrogen) atoms. The number of nitrogens with zero attached hydrogens (tertiary/aromatic N) is 2. The van der Waals surface area contributed by atoms with Gasteiger partial charge in [0.1, 0.15) is 11.5 Å². The molecule has 5 heteroatoms. The summed E-state index contributed by atoms with van der Waals surface area (Å²) in [6.07, 6.45) is 4.91. The summed E-state index contributed by atoms with van der Waals surface area (Å²) in [6.45, 7) is 1.80. The first-order chi connectivity index (χ1) is 12.3. The minimum absolute atomic E-state index is 0.226. The van der Waals surface area contributed by atoms with Gasteiger partial charge in [-0.25, -0.2) is 14.8 Å². The summed E-state index contributed by atoms with van der Waals surface area (Å²) in [5.41, 5.74) is 1.30. The van der Waals surface area contributed by atoms with Gasteiger partial charge in [-0.1, -0.05) is 42.5 Å². The highest BCUT2D eigenvalue weighted by atomic mass is 16.5. The van der Waals surface area contributed by atoms with Gasteiger partial charge in [-0.05, 0) is 30.7 Å². The van der Waals surface area contributed by atoms with E-state index in [9.17, 15) is 4.79 Å². The van der Waals surface area contributed by atoms with Crippen molar-refractivity contribution in [3.05, 3.63) is 84.7 Å². The second kappa shape index (κ2) is 7.88. The van der Waals surface area contributed by atoms with Crippen molar-refractivity contribution in [2.24, 2.45) is 0 Å². The van der Waals surface area contributed by atoms with Crippen LogP contribution in [-0.4, -0.2) is 15.9 Å². The van der Waals surface area contributed by atoms with Gasteiger partial charge in [-0.3, -0.25) is 0 Å². The first-order valence-corrected chi connectivity index (χ1v) is 7.75. The number of rotatable bonds is 5. The van der Waals surface area contributed by atoms with E-state index < -0.39 is 5.97 Å². The van der Waals surface area contributed by atoms with Crippen LogP contribution in [0.25, 0.3) is 5.57 Å².